The first-order valence-electron chi connectivity index (χ1n) is 4.27. The van der Waals surface area contributed by atoms with E-state index in [1.165, 1.54) is 6.42 Å². The molecule has 0 radical (unpaired) electrons. The van der Waals surface area contributed by atoms with Crippen LogP contribution in [0, 0.1) is 5.92 Å². The van der Waals surface area contributed by atoms with E-state index in [0.717, 1.165) is 18.8 Å². The molecule has 0 aromatic heterocycles. The van der Waals surface area contributed by atoms with Gasteiger partial charge in [0, 0.05) is 12.5 Å². The lowest BCUT2D eigenvalue weighted by atomic mass is 10.1. The monoisotopic (exact) mass is 157 g/mol. The Bertz CT molecular complexity index is 121. The Hall–Kier alpha value is -0.570. The van der Waals surface area contributed by atoms with Crippen LogP contribution in [-0.4, -0.2) is 12.4 Å². The van der Waals surface area contributed by atoms with Crippen LogP contribution in [0.1, 0.15) is 33.6 Å². The normalized spacial score (nSPS) is 14.7. The summed E-state index contributed by atoms with van der Waals surface area (Å²) in [6, 6.07) is 0. The molecule has 0 fully saturated rings. The van der Waals surface area contributed by atoms with Gasteiger partial charge in [0.2, 0.25) is 0 Å². The fraction of sp³-hybridized carbons (Fsp3) is 0.875. The topological polar surface area (TPSA) is 50.4 Å². The predicted octanol–water partition coefficient (Wildman–Crippen LogP) is 1.30. The lowest BCUT2D eigenvalue weighted by Gasteiger charge is -2.12. The van der Waals surface area contributed by atoms with Crippen molar-refractivity contribution in [2.75, 3.05) is 6.54 Å². The maximum Gasteiger partial charge on any atom is 0.113 e. The van der Waals surface area contributed by atoms with Gasteiger partial charge in [-0.2, -0.15) is 0 Å². The van der Waals surface area contributed by atoms with E-state index in [1.807, 2.05) is 6.92 Å². The standard InChI is InChI=1S/C8H19N3/c1-4-6-7(3)8(11-9)10-5-2/h7H,4-6,9H2,1-3H3,(H,10,11). The largest absolute Gasteiger partial charge is 0.312 e. The van der Waals surface area contributed by atoms with Gasteiger partial charge in [0.1, 0.15) is 5.84 Å². The smallest absolute Gasteiger partial charge is 0.113 e. The zero-order valence-electron chi connectivity index (χ0n) is 7.72. The van der Waals surface area contributed by atoms with Crippen molar-refractivity contribution in [1.29, 1.82) is 0 Å². The molecule has 66 valence electrons. The van der Waals surface area contributed by atoms with Gasteiger partial charge < -0.3 is 5.43 Å². The zero-order valence-corrected chi connectivity index (χ0v) is 7.72. The van der Waals surface area contributed by atoms with Crippen LogP contribution in [0.5, 0.6) is 0 Å². The third-order valence-corrected chi connectivity index (χ3v) is 1.66. The highest BCUT2D eigenvalue weighted by molar-refractivity contribution is 5.83. The van der Waals surface area contributed by atoms with Gasteiger partial charge in [0.05, 0.1) is 0 Å². The average Bonchev–Trinajstić information content (AvgIpc) is 2.00. The number of nitrogens with one attached hydrogen (secondary N) is 1. The number of hydrazine groups is 1. The maximum absolute atomic E-state index is 5.31. The van der Waals surface area contributed by atoms with E-state index in [2.05, 4.69) is 24.3 Å². The number of aliphatic imine (C=N–C) groups is 1. The average molecular weight is 157 g/mol. The summed E-state index contributed by atoms with van der Waals surface area (Å²) in [6.45, 7) is 7.11. The van der Waals surface area contributed by atoms with Gasteiger partial charge in [0.25, 0.3) is 0 Å². The Kier molecular flexibility index (Phi) is 5.84. The fourth-order valence-corrected chi connectivity index (χ4v) is 1.08. The highest BCUT2D eigenvalue weighted by Gasteiger charge is 2.06. The molecule has 0 saturated carbocycles. The highest BCUT2D eigenvalue weighted by Crippen LogP contribution is 2.05. The number of amidine groups is 1. The van der Waals surface area contributed by atoms with Crippen LogP contribution in [0.4, 0.5) is 0 Å². The Morgan fingerprint density at radius 3 is 2.55 bits per heavy atom. The van der Waals surface area contributed by atoms with E-state index >= 15 is 0 Å². The first kappa shape index (κ1) is 10.4. The zero-order chi connectivity index (χ0) is 8.69. The van der Waals surface area contributed by atoms with Crippen molar-refractivity contribution in [3.8, 4) is 0 Å². The highest BCUT2D eigenvalue weighted by atomic mass is 15.3. The van der Waals surface area contributed by atoms with Gasteiger partial charge in [-0.15, -0.1) is 0 Å². The summed E-state index contributed by atoms with van der Waals surface area (Å²) in [7, 11) is 0. The molecule has 0 heterocycles. The van der Waals surface area contributed by atoms with Gasteiger partial charge >= 0.3 is 0 Å². The van der Waals surface area contributed by atoms with E-state index in [9.17, 15) is 0 Å². The first-order chi connectivity index (χ1) is 5.26. The lowest BCUT2D eigenvalue weighted by molar-refractivity contribution is 0.642. The number of nitrogens with two attached hydrogens (primary N) is 1. The third kappa shape index (κ3) is 3.98. The second-order valence-corrected chi connectivity index (χ2v) is 2.69. The summed E-state index contributed by atoms with van der Waals surface area (Å²) in [4.78, 5) is 4.24. The molecule has 1 unspecified atom stereocenters. The molecular formula is C8H19N3. The summed E-state index contributed by atoms with van der Waals surface area (Å²) < 4.78 is 0. The first-order valence-corrected chi connectivity index (χ1v) is 4.27. The predicted molar refractivity (Wildman–Crippen MR) is 49.4 cm³/mol. The summed E-state index contributed by atoms with van der Waals surface area (Å²) in [5.41, 5.74) is 2.64. The van der Waals surface area contributed by atoms with Crippen LogP contribution in [0.3, 0.4) is 0 Å². The van der Waals surface area contributed by atoms with Crippen molar-refractivity contribution in [3.63, 3.8) is 0 Å². The SMILES string of the molecule is CCCC(C)C(=NCC)NN. The molecule has 0 rings (SSSR count). The van der Waals surface area contributed by atoms with E-state index in [0.29, 0.717) is 5.92 Å². The molecule has 0 aromatic carbocycles. The Balaban J connectivity index is 3.91. The molecule has 3 N–H and O–H groups in total. The van der Waals surface area contributed by atoms with Crippen LogP contribution in [-0.2, 0) is 0 Å². The van der Waals surface area contributed by atoms with E-state index in [1.54, 1.807) is 0 Å². The summed E-state index contributed by atoms with van der Waals surface area (Å²) >= 11 is 0. The molecule has 3 heteroatoms. The maximum atomic E-state index is 5.31. The van der Waals surface area contributed by atoms with Gasteiger partial charge in [0.15, 0.2) is 0 Å². The Labute approximate surface area is 69.0 Å². The molecule has 0 aliphatic rings. The number of hydrogen-bond acceptors (Lipinski definition) is 2. The lowest BCUT2D eigenvalue weighted by Crippen LogP contribution is -2.35. The van der Waals surface area contributed by atoms with Gasteiger partial charge in [-0.1, -0.05) is 20.3 Å². The molecule has 0 aliphatic carbocycles. The second-order valence-electron chi connectivity index (χ2n) is 2.69. The van der Waals surface area contributed by atoms with Gasteiger partial charge in [-0.3, -0.25) is 4.99 Å². The molecule has 0 saturated heterocycles. The Morgan fingerprint density at radius 1 is 1.55 bits per heavy atom. The molecule has 0 aromatic rings. The van der Waals surface area contributed by atoms with Crippen LogP contribution in [0.15, 0.2) is 4.99 Å². The summed E-state index contributed by atoms with van der Waals surface area (Å²) in [5.74, 6) is 6.70. The van der Waals surface area contributed by atoms with Crippen molar-refractivity contribution in [2.45, 2.75) is 33.6 Å². The fourth-order valence-electron chi connectivity index (χ4n) is 1.08. The molecule has 0 bridgehead atoms. The van der Waals surface area contributed by atoms with Crippen LogP contribution >= 0.6 is 0 Å². The molecule has 1 atom stereocenters. The summed E-state index contributed by atoms with van der Waals surface area (Å²) in [5, 5.41) is 0. The van der Waals surface area contributed by atoms with Crippen molar-refractivity contribution in [3.05, 3.63) is 0 Å². The molecule has 11 heavy (non-hydrogen) atoms. The van der Waals surface area contributed by atoms with E-state index in [4.69, 9.17) is 5.84 Å². The van der Waals surface area contributed by atoms with Gasteiger partial charge in [-0.25, -0.2) is 5.84 Å². The third-order valence-electron chi connectivity index (χ3n) is 1.66. The second kappa shape index (κ2) is 6.16. The molecule has 0 aliphatic heterocycles. The van der Waals surface area contributed by atoms with Gasteiger partial charge in [-0.05, 0) is 13.3 Å². The quantitative estimate of drug-likeness (QED) is 0.280. The molecule has 0 spiro atoms. The summed E-state index contributed by atoms with van der Waals surface area (Å²) in [6.07, 6.45) is 2.31. The van der Waals surface area contributed by atoms with Crippen molar-refractivity contribution in [2.24, 2.45) is 16.8 Å². The number of hydrogen-bond donors (Lipinski definition) is 2. The van der Waals surface area contributed by atoms with Crippen molar-refractivity contribution < 1.29 is 0 Å². The minimum Gasteiger partial charge on any atom is -0.312 e. The minimum absolute atomic E-state index is 0.463. The van der Waals surface area contributed by atoms with Crippen LogP contribution in [0.2, 0.25) is 0 Å². The van der Waals surface area contributed by atoms with E-state index in [-0.39, 0.29) is 0 Å². The molecular weight excluding hydrogens is 138 g/mol. The van der Waals surface area contributed by atoms with Crippen molar-refractivity contribution in [1.82, 2.24) is 5.43 Å². The van der Waals surface area contributed by atoms with E-state index < -0.39 is 0 Å². The molecule has 3 nitrogen and oxygen atoms in total. The van der Waals surface area contributed by atoms with Crippen LogP contribution < -0.4 is 11.3 Å². The van der Waals surface area contributed by atoms with Crippen LogP contribution in [0.25, 0.3) is 0 Å². The number of nitrogens with zero attached hydrogens (tertiary/aromatic N) is 1. The minimum atomic E-state index is 0.463. The Morgan fingerprint density at radius 2 is 2.18 bits per heavy atom. The molecule has 0 amide bonds. The van der Waals surface area contributed by atoms with Crippen molar-refractivity contribution >= 4 is 5.84 Å². The number of rotatable bonds is 4.